The minimum absolute atomic E-state index is 0.146. The van der Waals surface area contributed by atoms with Crippen molar-refractivity contribution >= 4 is 11.6 Å². The number of aromatic nitrogens is 1. The zero-order valence-corrected chi connectivity index (χ0v) is 16.4. The Bertz CT molecular complexity index is 749. The van der Waals surface area contributed by atoms with Gasteiger partial charge >= 0.3 is 0 Å². The van der Waals surface area contributed by atoms with Gasteiger partial charge in [-0.15, -0.1) is 0 Å². The number of hydrogen-bond donors (Lipinski definition) is 0. The van der Waals surface area contributed by atoms with Crippen molar-refractivity contribution in [2.75, 3.05) is 34.4 Å². The van der Waals surface area contributed by atoms with E-state index in [0.29, 0.717) is 23.2 Å². The SMILES string of the molecule is COc1cc(Cl)cc(CN2C[C@@H](Cc3cc(C)no3)[C@@H](OC)C2)c1OC. The molecule has 0 bridgehead atoms. The first-order valence-corrected chi connectivity index (χ1v) is 8.99. The lowest BCUT2D eigenvalue weighted by atomic mass is 10.0. The smallest absolute Gasteiger partial charge is 0.165 e. The van der Waals surface area contributed by atoms with E-state index in [4.69, 9.17) is 30.3 Å². The van der Waals surface area contributed by atoms with Gasteiger partial charge < -0.3 is 18.7 Å². The van der Waals surface area contributed by atoms with E-state index in [-0.39, 0.29) is 6.10 Å². The average molecular weight is 381 g/mol. The van der Waals surface area contributed by atoms with Gasteiger partial charge in [-0.1, -0.05) is 16.8 Å². The van der Waals surface area contributed by atoms with Crippen LogP contribution in [0.4, 0.5) is 0 Å². The number of hydrogen-bond acceptors (Lipinski definition) is 6. The maximum Gasteiger partial charge on any atom is 0.165 e. The Morgan fingerprint density at radius 1 is 1.19 bits per heavy atom. The predicted molar refractivity (Wildman–Crippen MR) is 99.1 cm³/mol. The van der Waals surface area contributed by atoms with Crippen LogP contribution in [0.25, 0.3) is 0 Å². The number of ether oxygens (including phenoxy) is 3. The molecule has 2 aromatic rings. The van der Waals surface area contributed by atoms with Gasteiger partial charge in [0.2, 0.25) is 0 Å². The van der Waals surface area contributed by atoms with Crippen LogP contribution in [0, 0.1) is 12.8 Å². The van der Waals surface area contributed by atoms with Crippen molar-refractivity contribution in [3.63, 3.8) is 0 Å². The van der Waals surface area contributed by atoms with Crippen molar-refractivity contribution in [1.82, 2.24) is 10.1 Å². The van der Waals surface area contributed by atoms with Crippen molar-refractivity contribution in [1.29, 1.82) is 0 Å². The van der Waals surface area contributed by atoms with Crippen molar-refractivity contribution in [2.24, 2.45) is 5.92 Å². The van der Waals surface area contributed by atoms with Gasteiger partial charge in [0, 0.05) is 61.8 Å². The lowest BCUT2D eigenvalue weighted by Crippen LogP contribution is -2.23. The zero-order valence-electron chi connectivity index (χ0n) is 15.6. The van der Waals surface area contributed by atoms with E-state index in [1.807, 2.05) is 19.1 Å². The van der Waals surface area contributed by atoms with Gasteiger partial charge in [-0.2, -0.15) is 0 Å². The van der Waals surface area contributed by atoms with Gasteiger partial charge in [0.05, 0.1) is 26.0 Å². The second kappa shape index (κ2) is 8.29. The van der Waals surface area contributed by atoms with E-state index in [0.717, 1.165) is 42.3 Å². The molecule has 6 nitrogen and oxygen atoms in total. The van der Waals surface area contributed by atoms with Crippen LogP contribution in [-0.4, -0.2) is 50.6 Å². The van der Waals surface area contributed by atoms with E-state index >= 15 is 0 Å². The second-order valence-corrected chi connectivity index (χ2v) is 7.10. The Labute approximate surface area is 159 Å². The molecule has 1 aliphatic rings. The lowest BCUT2D eigenvalue weighted by molar-refractivity contribution is 0.0761. The summed E-state index contributed by atoms with van der Waals surface area (Å²) in [6.07, 6.45) is 0.957. The first-order valence-electron chi connectivity index (χ1n) is 8.61. The molecular weight excluding hydrogens is 356 g/mol. The fourth-order valence-electron chi connectivity index (χ4n) is 3.65. The molecule has 2 atom stereocenters. The van der Waals surface area contributed by atoms with Crippen molar-refractivity contribution < 1.29 is 18.7 Å². The molecule has 0 N–H and O–H groups in total. The number of benzene rings is 1. The van der Waals surface area contributed by atoms with Crippen LogP contribution in [0.15, 0.2) is 22.7 Å². The van der Waals surface area contributed by atoms with Crippen molar-refractivity contribution in [3.05, 3.63) is 40.2 Å². The summed E-state index contributed by atoms with van der Waals surface area (Å²) in [6.45, 7) is 4.38. The van der Waals surface area contributed by atoms with Gasteiger partial charge in [0.25, 0.3) is 0 Å². The normalized spacial score (nSPS) is 20.5. The highest BCUT2D eigenvalue weighted by Gasteiger charge is 2.34. The van der Waals surface area contributed by atoms with Crippen molar-refractivity contribution in [2.45, 2.75) is 26.0 Å². The van der Waals surface area contributed by atoms with Gasteiger partial charge in [-0.25, -0.2) is 0 Å². The van der Waals surface area contributed by atoms with E-state index < -0.39 is 0 Å². The molecule has 7 heteroatoms. The highest BCUT2D eigenvalue weighted by molar-refractivity contribution is 6.30. The van der Waals surface area contributed by atoms with Crippen molar-refractivity contribution in [3.8, 4) is 11.5 Å². The minimum Gasteiger partial charge on any atom is -0.493 e. The first-order chi connectivity index (χ1) is 12.5. The Morgan fingerprint density at radius 3 is 2.62 bits per heavy atom. The summed E-state index contributed by atoms with van der Waals surface area (Å²) in [5, 5.41) is 4.61. The molecule has 1 saturated heterocycles. The molecule has 142 valence electrons. The number of methoxy groups -OCH3 is 3. The number of likely N-dealkylation sites (tertiary alicyclic amines) is 1. The number of halogens is 1. The van der Waals surface area contributed by atoms with Gasteiger partial charge in [0.15, 0.2) is 11.5 Å². The highest BCUT2D eigenvalue weighted by atomic mass is 35.5. The van der Waals surface area contributed by atoms with Crippen LogP contribution in [-0.2, 0) is 17.7 Å². The summed E-state index contributed by atoms with van der Waals surface area (Å²) < 4.78 is 22.0. The average Bonchev–Trinajstić information content (AvgIpc) is 3.20. The summed E-state index contributed by atoms with van der Waals surface area (Å²) in [7, 11) is 5.02. The zero-order chi connectivity index (χ0) is 18.7. The fraction of sp³-hybridized carbons (Fsp3) is 0.526. The van der Waals surface area contributed by atoms with Crippen LogP contribution in [0.5, 0.6) is 11.5 Å². The number of aryl methyl sites for hydroxylation is 1. The van der Waals surface area contributed by atoms with Crippen LogP contribution in [0.1, 0.15) is 17.0 Å². The quantitative estimate of drug-likeness (QED) is 0.734. The third kappa shape index (κ3) is 4.14. The standard InChI is InChI=1S/C19H25ClN2O4/c1-12-5-16(26-21-12)7-13-9-22(11-18(13)24-3)10-14-6-15(20)8-17(23-2)19(14)25-4/h5-6,8,13,18H,7,9-11H2,1-4H3/t13-,18+/m1/s1. The predicted octanol–water partition coefficient (Wildman–Crippen LogP) is 3.34. The summed E-state index contributed by atoms with van der Waals surface area (Å²) in [6, 6.07) is 5.68. The molecule has 0 aliphatic carbocycles. The monoisotopic (exact) mass is 380 g/mol. The molecule has 1 aliphatic heterocycles. The molecule has 0 saturated carbocycles. The lowest BCUT2D eigenvalue weighted by Gasteiger charge is -2.19. The van der Waals surface area contributed by atoms with Gasteiger partial charge in [0.1, 0.15) is 5.76 Å². The molecular formula is C19H25ClN2O4. The molecule has 0 amide bonds. The molecule has 3 rings (SSSR count). The van der Waals surface area contributed by atoms with Gasteiger partial charge in [-0.05, 0) is 13.0 Å². The Morgan fingerprint density at radius 2 is 2.00 bits per heavy atom. The van der Waals surface area contributed by atoms with Crippen LogP contribution in [0.2, 0.25) is 5.02 Å². The molecule has 26 heavy (non-hydrogen) atoms. The summed E-state index contributed by atoms with van der Waals surface area (Å²) >= 11 is 6.24. The Balaban J connectivity index is 1.74. The molecule has 2 heterocycles. The Kier molecular flexibility index (Phi) is 6.06. The van der Waals surface area contributed by atoms with E-state index in [1.54, 1.807) is 27.4 Å². The molecule has 1 aromatic heterocycles. The van der Waals surface area contributed by atoms with Gasteiger partial charge in [-0.3, -0.25) is 4.90 Å². The van der Waals surface area contributed by atoms with E-state index in [2.05, 4.69) is 10.1 Å². The largest absolute Gasteiger partial charge is 0.493 e. The Hall–Kier alpha value is -1.76. The van der Waals surface area contributed by atoms with Crippen LogP contribution >= 0.6 is 11.6 Å². The fourth-order valence-corrected chi connectivity index (χ4v) is 3.89. The second-order valence-electron chi connectivity index (χ2n) is 6.67. The number of rotatable bonds is 7. The minimum atomic E-state index is 0.146. The third-order valence-corrected chi connectivity index (χ3v) is 5.03. The molecule has 1 fully saturated rings. The third-order valence-electron chi connectivity index (χ3n) is 4.81. The maximum absolute atomic E-state index is 6.24. The van der Waals surface area contributed by atoms with Crippen LogP contribution in [0.3, 0.4) is 0 Å². The topological polar surface area (TPSA) is 57.0 Å². The molecule has 0 radical (unpaired) electrons. The van der Waals surface area contributed by atoms with Crippen LogP contribution < -0.4 is 9.47 Å². The van der Waals surface area contributed by atoms with E-state index in [1.165, 1.54) is 0 Å². The highest BCUT2D eigenvalue weighted by Crippen LogP contribution is 2.36. The summed E-state index contributed by atoms with van der Waals surface area (Å²) in [4.78, 5) is 2.34. The maximum atomic E-state index is 6.24. The summed E-state index contributed by atoms with van der Waals surface area (Å²) in [5.41, 5.74) is 1.91. The molecule has 0 spiro atoms. The number of nitrogens with zero attached hydrogens (tertiary/aromatic N) is 2. The molecule has 1 aromatic carbocycles. The van der Waals surface area contributed by atoms with E-state index in [9.17, 15) is 0 Å². The first kappa shape index (κ1) is 19.0. The molecule has 0 unspecified atom stereocenters. The summed E-state index contributed by atoms with van der Waals surface area (Å²) in [5.74, 6) is 2.61.